The molecule has 1 fully saturated rings. The van der Waals surface area contributed by atoms with Crippen molar-refractivity contribution in [1.29, 1.82) is 0 Å². The third-order valence-corrected chi connectivity index (χ3v) is 4.69. The molecule has 1 aliphatic heterocycles. The van der Waals surface area contributed by atoms with Crippen LogP contribution in [0.1, 0.15) is 24.1 Å². The summed E-state index contributed by atoms with van der Waals surface area (Å²) in [4.78, 5) is 39.6. The van der Waals surface area contributed by atoms with Crippen molar-refractivity contribution < 1.29 is 4.79 Å². The molecule has 132 valence electrons. The SMILES string of the molecule is Cc1nc(-c2ccc(N3CCCC3C(=O)N(C)C)nc2)[nH]c(=O)c1C. The molecular formula is C18H23N5O2. The summed E-state index contributed by atoms with van der Waals surface area (Å²) in [5.41, 5.74) is 1.94. The van der Waals surface area contributed by atoms with Gasteiger partial charge in [-0.2, -0.15) is 0 Å². The molecular weight excluding hydrogens is 318 g/mol. The van der Waals surface area contributed by atoms with Crippen molar-refractivity contribution in [3.8, 4) is 11.4 Å². The van der Waals surface area contributed by atoms with Gasteiger partial charge in [0.15, 0.2) is 0 Å². The highest BCUT2D eigenvalue weighted by Crippen LogP contribution is 2.26. The molecule has 0 bridgehead atoms. The second-order valence-electron chi connectivity index (χ2n) is 6.61. The van der Waals surface area contributed by atoms with Crippen molar-refractivity contribution in [2.24, 2.45) is 0 Å². The summed E-state index contributed by atoms with van der Waals surface area (Å²) < 4.78 is 0. The van der Waals surface area contributed by atoms with Gasteiger partial charge in [-0.3, -0.25) is 9.59 Å². The zero-order valence-electron chi connectivity index (χ0n) is 15.0. The molecule has 0 saturated carbocycles. The molecule has 1 N–H and O–H groups in total. The number of carbonyl (C=O) groups excluding carboxylic acids is 1. The zero-order chi connectivity index (χ0) is 18.1. The van der Waals surface area contributed by atoms with Gasteiger partial charge in [-0.1, -0.05) is 0 Å². The molecule has 1 atom stereocenters. The smallest absolute Gasteiger partial charge is 0.254 e. The molecule has 3 heterocycles. The molecule has 0 aromatic carbocycles. The number of carbonyl (C=O) groups is 1. The van der Waals surface area contributed by atoms with Crippen molar-refractivity contribution in [1.82, 2.24) is 19.9 Å². The van der Waals surface area contributed by atoms with Gasteiger partial charge < -0.3 is 14.8 Å². The minimum Gasteiger partial charge on any atom is -0.347 e. The minimum atomic E-state index is -0.159. The first kappa shape index (κ1) is 17.1. The lowest BCUT2D eigenvalue weighted by molar-refractivity contribution is -0.129. The monoisotopic (exact) mass is 341 g/mol. The first-order valence-corrected chi connectivity index (χ1v) is 8.40. The van der Waals surface area contributed by atoms with Crippen molar-refractivity contribution in [3.63, 3.8) is 0 Å². The van der Waals surface area contributed by atoms with Gasteiger partial charge in [0.1, 0.15) is 17.7 Å². The number of anilines is 1. The number of likely N-dealkylation sites (N-methyl/N-ethyl adjacent to an activating group) is 1. The molecule has 3 rings (SSSR count). The molecule has 0 radical (unpaired) electrons. The number of hydrogen-bond donors (Lipinski definition) is 1. The lowest BCUT2D eigenvalue weighted by Crippen LogP contribution is -2.43. The van der Waals surface area contributed by atoms with Gasteiger partial charge in [0.2, 0.25) is 5.91 Å². The molecule has 1 amide bonds. The third kappa shape index (κ3) is 3.26. The van der Waals surface area contributed by atoms with Crippen LogP contribution in [-0.2, 0) is 4.79 Å². The number of rotatable bonds is 3. The standard InChI is InChI=1S/C18H23N5O2/c1-11-12(2)20-16(21-17(11)24)13-7-8-15(19-10-13)23-9-5-6-14(23)18(25)22(3)4/h7-8,10,14H,5-6,9H2,1-4H3,(H,20,21,24). The number of hydrogen-bond acceptors (Lipinski definition) is 5. The van der Waals surface area contributed by atoms with Crippen LogP contribution in [0.5, 0.6) is 0 Å². The van der Waals surface area contributed by atoms with Crippen molar-refractivity contribution >= 4 is 11.7 Å². The Balaban J connectivity index is 1.88. The summed E-state index contributed by atoms with van der Waals surface area (Å²) in [5, 5.41) is 0. The number of aryl methyl sites for hydroxylation is 1. The van der Waals surface area contributed by atoms with Crippen molar-refractivity contribution in [2.45, 2.75) is 32.7 Å². The highest BCUT2D eigenvalue weighted by atomic mass is 16.2. The maximum Gasteiger partial charge on any atom is 0.254 e. The van der Waals surface area contributed by atoms with E-state index in [1.54, 1.807) is 32.1 Å². The van der Waals surface area contributed by atoms with E-state index in [1.807, 2.05) is 24.0 Å². The van der Waals surface area contributed by atoms with Crippen LogP contribution in [0, 0.1) is 13.8 Å². The molecule has 0 aliphatic carbocycles. The first-order chi connectivity index (χ1) is 11.9. The van der Waals surface area contributed by atoms with Gasteiger partial charge >= 0.3 is 0 Å². The van der Waals surface area contributed by atoms with E-state index in [2.05, 4.69) is 15.0 Å². The Bertz CT molecular complexity index is 842. The fraction of sp³-hybridized carbons (Fsp3) is 0.444. The topological polar surface area (TPSA) is 82.2 Å². The fourth-order valence-corrected chi connectivity index (χ4v) is 3.07. The lowest BCUT2D eigenvalue weighted by atomic mass is 10.2. The summed E-state index contributed by atoms with van der Waals surface area (Å²) in [6.45, 7) is 4.38. The van der Waals surface area contributed by atoms with E-state index < -0.39 is 0 Å². The lowest BCUT2D eigenvalue weighted by Gasteiger charge is -2.27. The van der Waals surface area contributed by atoms with Gasteiger partial charge in [0, 0.05) is 43.7 Å². The first-order valence-electron chi connectivity index (χ1n) is 8.40. The molecule has 1 unspecified atom stereocenters. The fourth-order valence-electron chi connectivity index (χ4n) is 3.07. The molecule has 7 nitrogen and oxygen atoms in total. The Morgan fingerprint density at radius 1 is 1.32 bits per heavy atom. The van der Waals surface area contributed by atoms with Gasteiger partial charge in [-0.15, -0.1) is 0 Å². The summed E-state index contributed by atoms with van der Waals surface area (Å²) in [6, 6.07) is 3.60. The van der Waals surface area contributed by atoms with E-state index in [0.717, 1.165) is 30.8 Å². The van der Waals surface area contributed by atoms with Crippen LogP contribution in [0.15, 0.2) is 23.1 Å². The molecule has 7 heteroatoms. The van der Waals surface area contributed by atoms with Gasteiger partial charge in [0.05, 0.1) is 0 Å². The molecule has 2 aromatic rings. The Hall–Kier alpha value is -2.70. The maximum absolute atomic E-state index is 12.3. The van der Waals surface area contributed by atoms with Crippen LogP contribution in [0.25, 0.3) is 11.4 Å². The quantitative estimate of drug-likeness (QED) is 0.915. The Morgan fingerprint density at radius 3 is 2.68 bits per heavy atom. The van der Waals surface area contributed by atoms with E-state index >= 15 is 0 Å². The predicted molar refractivity (Wildman–Crippen MR) is 96.6 cm³/mol. The average molecular weight is 341 g/mol. The zero-order valence-corrected chi connectivity index (χ0v) is 15.0. The number of aromatic nitrogens is 3. The highest BCUT2D eigenvalue weighted by molar-refractivity contribution is 5.85. The number of pyridine rings is 1. The van der Waals surface area contributed by atoms with Crippen LogP contribution in [0.2, 0.25) is 0 Å². The van der Waals surface area contributed by atoms with Gasteiger partial charge in [0.25, 0.3) is 5.56 Å². The van der Waals surface area contributed by atoms with Gasteiger partial charge in [-0.25, -0.2) is 9.97 Å². The van der Waals surface area contributed by atoms with Crippen molar-refractivity contribution in [3.05, 3.63) is 39.9 Å². The second kappa shape index (κ2) is 6.66. The average Bonchev–Trinajstić information content (AvgIpc) is 3.08. The highest BCUT2D eigenvalue weighted by Gasteiger charge is 2.32. The molecule has 0 spiro atoms. The maximum atomic E-state index is 12.3. The van der Waals surface area contributed by atoms with Crippen LogP contribution >= 0.6 is 0 Å². The Morgan fingerprint density at radius 2 is 2.08 bits per heavy atom. The summed E-state index contributed by atoms with van der Waals surface area (Å²) in [6.07, 6.45) is 3.50. The summed E-state index contributed by atoms with van der Waals surface area (Å²) in [5.74, 6) is 1.38. The largest absolute Gasteiger partial charge is 0.347 e. The summed E-state index contributed by atoms with van der Waals surface area (Å²) >= 11 is 0. The number of aromatic amines is 1. The number of H-pyrrole nitrogens is 1. The van der Waals surface area contributed by atoms with E-state index in [-0.39, 0.29) is 17.5 Å². The molecule has 1 saturated heterocycles. The molecule has 1 aliphatic rings. The van der Waals surface area contributed by atoms with E-state index in [0.29, 0.717) is 17.1 Å². The van der Waals surface area contributed by atoms with Gasteiger partial charge in [-0.05, 0) is 38.8 Å². The second-order valence-corrected chi connectivity index (χ2v) is 6.61. The third-order valence-electron chi connectivity index (χ3n) is 4.69. The van der Waals surface area contributed by atoms with Crippen LogP contribution in [0.3, 0.4) is 0 Å². The molecule has 2 aromatic heterocycles. The Kier molecular flexibility index (Phi) is 4.57. The number of nitrogens with one attached hydrogen (secondary N) is 1. The van der Waals surface area contributed by atoms with E-state index in [1.165, 1.54) is 0 Å². The van der Waals surface area contributed by atoms with Crippen LogP contribution in [0.4, 0.5) is 5.82 Å². The molecule has 25 heavy (non-hydrogen) atoms. The summed E-state index contributed by atoms with van der Waals surface area (Å²) in [7, 11) is 3.55. The van der Waals surface area contributed by atoms with Crippen molar-refractivity contribution in [2.75, 3.05) is 25.5 Å². The van der Waals surface area contributed by atoms with Crippen LogP contribution < -0.4 is 10.5 Å². The van der Waals surface area contributed by atoms with E-state index in [9.17, 15) is 9.59 Å². The van der Waals surface area contributed by atoms with E-state index in [4.69, 9.17) is 0 Å². The minimum absolute atomic E-state index is 0.100. The number of amides is 1. The Labute approximate surface area is 146 Å². The van der Waals surface area contributed by atoms with Crippen LogP contribution in [-0.4, -0.2) is 52.4 Å². The predicted octanol–water partition coefficient (Wildman–Crippen LogP) is 1.51. The normalized spacial score (nSPS) is 17.0. The number of nitrogens with zero attached hydrogens (tertiary/aromatic N) is 4.